The van der Waals surface area contributed by atoms with Gasteiger partial charge in [-0.1, -0.05) is 0 Å². The largest absolute Gasteiger partial charge is 0.377 e. The van der Waals surface area contributed by atoms with Gasteiger partial charge >= 0.3 is 0 Å². The minimum atomic E-state index is -0.333. The Morgan fingerprint density at radius 1 is 1.27 bits per heavy atom. The Morgan fingerprint density at radius 2 is 1.95 bits per heavy atom. The molecule has 0 aromatic carbocycles. The third-order valence-corrected chi connectivity index (χ3v) is 5.31. The summed E-state index contributed by atoms with van der Waals surface area (Å²) in [5.74, 6) is 1.06. The number of thioether (sulfide) groups is 1. The molecule has 2 aliphatic rings. The molecule has 0 saturated carbocycles. The van der Waals surface area contributed by atoms with Gasteiger partial charge in [0, 0.05) is 19.6 Å². The maximum absolute atomic E-state index is 12.2. The molecule has 0 unspecified atom stereocenters. The molecule has 0 bridgehead atoms. The van der Waals surface area contributed by atoms with Crippen LogP contribution in [0.1, 0.15) is 32.1 Å². The zero-order valence-corrected chi connectivity index (χ0v) is 14.7. The molecule has 2 heterocycles. The van der Waals surface area contributed by atoms with Crippen LogP contribution in [0.15, 0.2) is 0 Å². The number of carbonyl (C=O) groups excluding carboxylic acids is 1. The van der Waals surface area contributed by atoms with E-state index in [0.717, 1.165) is 51.3 Å². The molecule has 0 aromatic heterocycles. The van der Waals surface area contributed by atoms with Gasteiger partial charge in [0.25, 0.3) is 0 Å². The van der Waals surface area contributed by atoms with Gasteiger partial charge in [-0.25, -0.2) is 0 Å². The van der Waals surface area contributed by atoms with E-state index in [0.29, 0.717) is 6.10 Å². The number of nitrogens with two attached hydrogens (primary N) is 1. The third kappa shape index (κ3) is 5.72. The number of hydrogen-bond acceptors (Lipinski definition) is 5. The van der Waals surface area contributed by atoms with Gasteiger partial charge in [-0.05, 0) is 57.2 Å². The van der Waals surface area contributed by atoms with Crippen molar-refractivity contribution in [2.45, 2.75) is 44.2 Å². The van der Waals surface area contributed by atoms with Crippen molar-refractivity contribution in [3.8, 4) is 0 Å². The number of piperidine rings is 1. The van der Waals surface area contributed by atoms with Crippen LogP contribution in [-0.2, 0) is 9.53 Å². The Morgan fingerprint density at radius 3 is 2.59 bits per heavy atom. The third-order valence-electron chi connectivity index (χ3n) is 4.66. The summed E-state index contributed by atoms with van der Waals surface area (Å²) in [7, 11) is 0. The number of nitrogens with zero attached hydrogens (tertiary/aromatic N) is 2. The SMILES string of the molecule is CSCC[C@H](N)C(=O)N1CCC(OCCN2CCCC2)CC1. The molecule has 2 fully saturated rings. The Balaban J connectivity index is 1.59. The van der Waals surface area contributed by atoms with Crippen molar-refractivity contribution in [3.63, 3.8) is 0 Å². The smallest absolute Gasteiger partial charge is 0.239 e. The highest BCUT2D eigenvalue weighted by Crippen LogP contribution is 2.16. The summed E-state index contributed by atoms with van der Waals surface area (Å²) < 4.78 is 5.98. The summed E-state index contributed by atoms with van der Waals surface area (Å²) in [4.78, 5) is 16.6. The zero-order valence-electron chi connectivity index (χ0n) is 13.8. The number of carbonyl (C=O) groups is 1. The summed E-state index contributed by atoms with van der Waals surface area (Å²) in [6, 6.07) is -0.333. The molecule has 2 aliphatic heterocycles. The van der Waals surface area contributed by atoms with Crippen LogP contribution in [0.3, 0.4) is 0 Å². The first-order chi connectivity index (χ1) is 10.7. The molecule has 2 N–H and O–H groups in total. The molecule has 6 heteroatoms. The van der Waals surface area contributed by atoms with Crippen molar-refractivity contribution in [2.24, 2.45) is 5.73 Å². The molecule has 0 aliphatic carbocycles. The Kier molecular flexibility index (Phi) is 8.00. The van der Waals surface area contributed by atoms with E-state index < -0.39 is 0 Å². The van der Waals surface area contributed by atoms with E-state index in [2.05, 4.69) is 4.90 Å². The molecule has 0 radical (unpaired) electrons. The summed E-state index contributed by atoms with van der Waals surface area (Å²) in [5, 5.41) is 0. The molecule has 1 amide bonds. The molecular weight excluding hydrogens is 298 g/mol. The molecule has 1 atom stereocenters. The van der Waals surface area contributed by atoms with E-state index in [1.54, 1.807) is 11.8 Å². The van der Waals surface area contributed by atoms with Crippen LogP contribution in [0.2, 0.25) is 0 Å². The summed E-state index contributed by atoms with van der Waals surface area (Å²) in [6.07, 6.45) is 7.68. The minimum absolute atomic E-state index is 0.115. The van der Waals surface area contributed by atoms with Crippen LogP contribution >= 0.6 is 11.8 Å². The van der Waals surface area contributed by atoms with E-state index in [1.165, 1.54) is 25.9 Å². The second kappa shape index (κ2) is 9.75. The Hall–Kier alpha value is -0.300. The summed E-state index contributed by atoms with van der Waals surface area (Å²) in [5.41, 5.74) is 5.98. The second-order valence-electron chi connectivity index (χ2n) is 6.33. The van der Waals surface area contributed by atoms with Crippen molar-refractivity contribution in [3.05, 3.63) is 0 Å². The lowest BCUT2D eigenvalue weighted by Crippen LogP contribution is -2.48. The summed E-state index contributed by atoms with van der Waals surface area (Å²) >= 11 is 1.74. The van der Waals surface area contributed by atoms with Crippen molar-refractivity contribution in [1.82, 2.24) is 9.80 Å². The Bertz CT molecular complexity index is 329. The standard InChI is InChI=1S/C16H31N3O2S/c1-22-13-6-15(17)16(20)19-9-4-14(5-10-19)21-12-11-18-7-2-3-8-18/h14-15H,2-13,17H2,1H3/t15-/m0/s1. The average molecular weight is 330 g/mol. The molecule has 22 heavy (non-hydrogen) atoms. The lowest BCUT2D eigenvalue weighted by atomic mass is 10.1. The predicted octanol–water partition coefficient (Wildman–Crippen LogP) is 1.17. The van der Waals surface area contributed by atoms with Crippen LogP contribution in [0.5, 0.6) is 0 Å². The van der Waals surface area contributed by atoms with Gasteiger partial charge in [-0.3, -0.25) is 4.79 Å². The average Bonchev–Trinajstić information content (AvgIpc) is 3.06. The highest BCUT2D eigenvalue weighted by molar-refractivity contribution is 7.98. The van der Waals surface area contributed by atoms with Crippen molar-refractivity contribution >= 4 is 17.7 Å². The maximum atomic E-state index is 12.2. The first kappa shape index (κ1) is 18.0. The fraction of sp³-hybridized carbons (Fsp3) is 0.938. The quantitative estimate of drug-likeness (QED) is 0.724. The molecule has 0 aromatic rings. The molecule has 0 spiro atoms. The van der Waals surface area contributed by atoms with Crippen molar-refractivity contribution < 1.29 is 9.53 Å². The maximum Gasteiger partial charge on any atom is 0.239 e. The van der Waals surface area contributed by atoms with Gasteiger partial charge in [-0.15, -0.1) is 0 Å². The predicted molar refractivity (Wildman–Crippen MR) is 92.2 cm³/mol. The lowest BCUT2D eigenvalue weighted by molar-refractivity contribution is -0.135. The van der Waals surface area contributed by atoms with Crippen LogP contribution in [0, 0.1) is 0 Å². The van der Waals surface area contributed by atoms with Gasteiger partial charge in [0.1, 0.15) is 0 Å². The van der Waals surface area contributed by atoms with E-state index in [4.69, 9.17) is 10.5 Å². The number of hydrogen-bond donors (Lipinski definition) is 1. The van der Waals surface area contributed by atoms with Crippen LogP contribution in [-0.4, -0.2) is 79.2 Å². The van der Waals surface area contributed by atoms with Gasteiger partial charge in [-0.2, -0.15) is 11.8 Å². The molecule has 5 nitrogen and oxygen atoms in total. The van der Waals surface area contributed by atoms with Gasteiger partial charge in [0.05, 0.1) is 18.8 Å². The topological polar surface area (TPSA) is 58.8 Å². The fourth-order valence-electron chi connectivity index (χ4n) is 3.20. The fourth-order valence-corrected chi connectivity index (χ4v) is 3.69. The summed E-state index contributed by atoms with van der Waals surface area (Å²) in [6.45, 7) is 5.92. The number of rotatable bonds is 8. The van der Waals surface area contributed by atoms with Crippen LogP contribution < -0.4 is 5.73 Å². The monoisotopic (exact) mass is 329 g/mol. The number of likely N-dealkylation sites (tertiary alicyclic amines) is 2. The van der Waals surface area contributed by atoms with Crippen LogP contribution in [0.25, 0.3) is 0 Å². The zero-order chi connectivity index (χ0) is 15.8. The first-order valence-electron chi connectivity index (χ1n) is 8.58. The lowest BCUT2D eigenvalue weighted by Gasteiger charge is -2.33. The molecule has 2 rings (SSSR count). The normalized spacial score (nSPS) is 22.2. The van der Waals surface area contributed by atoms with Crippen molar-refractivity contribution in [1.29, 1.82) is 0 Å². The second-order valence-corrected chi connectivity index (χ2v) is 7.32. The van der Waals surface area contributed by atoms with Gasteiger partial charge in [0.15, 0.2) is 0 Å². The van der Waals surface area contributed by atoms with Crippen LogP contribution in [0.4, 0.5) is 0 Å². The van der Waals surface area contributed by atoms with E-state index in [9.17, 15) is 4.79 Å². The highest BCUT2D eigenvalue weighted by atomic mass is 32.2. The highest BCUT2D eigenvalue weighted by Gasteiger charge is 2.26. The van der Waals surface area contributed by atoms with E-state index in [1.807, 2.05) is 11.2 Å². The molecular formula is C16H31N3O2S. The van der Waals surface area contributed by atoms with E-state index in [-0.39, 0.29) is 11.9 Å². The molecule has 2 saturated heterocycles. The molecule has 128 valence electrons. The van der Waals surface area contributed by atoms with Gasteiger partial charge < -0.3 is 20.3 Å². The Labute approximate surface area is 138 Å². The number of amides is 1. The minimum Gasteiger partial charge on any atom is -0.377 e. The first-order valence-corrected chi connectivity index (χ1v) is 9.97. The van der Waals surface area contributed by atoms with Crippen molar-refractivity contribution in [2.75, 3.05) is 51.3 Å². The number of ether oxygens (including phenoxy) is 1. The van der Waals surface area contributed by atoms with Gasteiger partial charge in [0.2, 0.25) is 5.91 Å². The van der Waals surface area contributed by atoms with E-state index >= 15 is 0 Å².